The molecule has 1 spiro atoms. The highest BCUT2D eigenvalue weighted by molar-refractivity contribution is 7.98. The molecule has 2 aliphatic rings. The maximum absolute atomic E-state index is 12.6. The van der Waals surface area contributed by atoms with Crippen molar-refractivity contribution in [3.8, 4) is 0 Å². The summed E-state index contributed by atoms with van der Waals surface area (Å²) in [6.45, 7) is 2.68. The van der Waals surface area contributed by atoms with Crippen molar-refractivity contribution in [2.24, 2.45) is 0 Å². The van der Waals surface area contributed by atoms with Crippen LogP contribution in [-0.4, -0.2) is 46.8 Å². The van der Waals surface area contributed by atoms with Gasteiger partial charge in [0.25, 0.3) is 0 Å². The van der Waals surface area contributed by atoms with Crippen molar-refractivity contribution in [2.45, 2.75) is 57.0 Å². The third-order valence-electron chi connectivity index (χ3n) is 4.38. The van der Waals surface area contributed by atoms with Crippen LogP contribution in [0.25, 0.3) is 0 Å². The fourth-order valence-electron chi connectivity index (χ4n) is 3.30. The van der Waals surface area contributed by atoms with Crippen molar-refractivity contribution >= 4 is 23.6 Å². The Hall–Kier alpha value is -0.710. The van der Waals surface area contributed by atoms with Gasteiger partial charge in [0.1, 0.15) is 11.6 Å². The minimum atomic E-state index is -0.527. The summed E-state index contributed by atoms with van der Waals surface area (Å²) >= 11 is 1.79. The summed E-state index contributed by atoms with van der Waals surface area (Å²) in [4.78, 5) is 26.9. The number of hydrogen-bond donors (Lipinski definition) is 1. The van der Waals surface area contributed by atoms with Crippen molar-refractivity contribution in [3.05, 3.63) is 0 Å². The summed E-state index contributed by atoms with van der Waals surface area (Å²) < 4.78 is 0. The van der Waals surface area contributed by atoms with E-state index in [4.69, 9.17) is 0 Å². The van der Waals surface area contributed by atoms with Gasteiger partial charge in [-0.1, -0.05) is 19.8 Å². The van der Waals surface area contributed by atoms with E-state index in [0.29, 0.717) is 6.42 Å². The van der Waals surface area contributed by atoms with Gasteiger partial charge in [-0.2, -0.15) is 11.8 Å². The Balaban J connectivity index is 2.18. The van der Waals surface area contributed by atoms with E-state index < -0.39 is 5.54 Å². The first kappa shape index (κ1) is 14.7. The van der Waals surface area contributed by atoms with Gasteiger partial charge in [0, 0.05) is 6.54 Å². The smallest absolute Gasteiger partial charge is 0.246 e. The highest BCUT2D eigenvalue weighted by Gasteiger charge is 2.52. The van der Waals surface area contributed by atoms with E-state index in [-0.39, 0.29) is 17.9 Å². The van der Waals surface area contributed by atoms with Crippen molar-refractivity contribution in [2.75, 3.05) is 18.6 Å². The Morgan fingerprint density at radius 2 is 2.05 bits per heavy atom. The summed E-state index contributed by atoms with van der Waals surface area (Å²) in [6, 6.07) is -0.312. The van der Waals surface area contributed by atoms with Crippen LogP contribution in [0.4, 0.5) is 0 Å². The maximum atomic E-state index is 12.6. The van der Waals surface area contributed by atoms with Gasteiger partial charge in [-0.05, 0) is 37.7 Å². The maximum Gasteiger partial charge on any atom is 0.246 e. The molecule has 0 bridgehead atoms. The summed E-state index contributed by atoms with van der Waals surface area (Å²) in [5.74, 6) is 1.25. The molecule has 0 aromatic heterocycles. The van der Waals surface area contributed by atoms with E-state index in [9.17, 15) is 9.59 Å². The van der Waals surface area contributed by atoms with E-state index in [0.717, 1.165) is 44.4 Å². The highest BCUT2D eigenvalue weighted by Crippen LogP contribution is 2.38. The van der Waals surface area contributed by atoms with E-state index >= 15 is 0 Å². The zero-order chi connectivity index (χ0) is 13.9. The van der Waals surface area contributed by atoms with Gasteiger partial charge in [-0.3, -0.25) is 9.59 Å². The molecule has 1 heterocycles. The summed E-state index contributed by atoms with van der Waals surface area (Å²) in [7, 11) is 0. The molecular formula is C14H24N2O2S. The van der Waals surface area contributed by atoms with Crippen LogP contribution in [0.3, 0.4) is 0 Å². The molecule has 19 heavy (non-hydrogen) atoms. The van der Waals surface area contributed by atoms with Gasteiger partial charge in [0.15, 0.2) is 0 Å². The number of amides is 2. The van der Waals surface area contributed by atoms with E-state index in [2.05, 4.69) is 11.6 Å². The first-order valence-electron chi connectivity index (χ1n) is 7.27. The monoisotopic (exact) mass is 284 g/mol. The van der Waals surface area contributed by atoms with Crippen LogP contribution in [0, 0.1) is 0 Å². The average molecular weight is 284 g/mol. The van der Waals surface area contributed by atoms with Gasteiger partial charge < -0.3 is 10.2 Å². The standard InChI is InChI=1S/C14H24N2O2S/c1-3-11-12(17)16(9-6-10-19-2)14(13(18)15-11)7-4-5-8-14/h11H,3-10H2,1-2H3,(H,15,18). The van der Waals surface area contributed by atoms with Crippen LogP contribution >= 0.6 is 11.8 Å². The van der Waals surface area contributed by atoms with Crippen LogP contribution in [0.1, 0.15) is 45.4 Å². The molecule has 5 heteroatoms. The number of hydrogen-bond acceptors (Lipinski definition) is 3. The Bertz CT molecular complexity index is 353. The van der Waals surface area contributed by atoms with Gasteiger partial charge in [-0.15, -0.1) is 0 Å². The minimum absolute atomic E-state index is 0.0839. The highest BCUT2D eigenvalue weighted by atomic mass is 32.2. The van der Waals surface area contributed by atoms with Crippen LogP contribution in [0.2, 0.25) is 0 Å². The number of nitrogens with zero attached hydrogens (tertiary/aromatic N) is 1. The molecule has 1 atom stereocenters. The first-order chi connectivity index (χ1) is 9.15. The van der Waals surface area contributed by atoms with Crippen molar-refractivity contribution < 1.29 is 9.59 Å². The Kier molecular flexibility index (Phi) is 4.76. The van der Waals surface area contributed by atoms with E-state index in [1.807, 2.05) is 11.8 Å². The molecule has 0 aromatic carbocycles. The quantitative estimate of drug-likeness (QED) is 0.783. The fraction of sp³-hybridized carbons (Fsp3) is 0.857. The lowest BCUT2D eigenvalue weighted by molar-refractivity contribution is -0.157. The third kappa shape index (κ3) is 2.62. The Labute approximate surface area is 119 Å². The third-order valence-corrected chi connectivity index (χ3v) is 5.07. The molecule has 2 amide bonds. The number of piperazine rings is 1. The molecule has 1 N–H and O–H groups in total. The Morgan fingerprint density at radius 1 is 1.37 bits per heavy atom. The second-order valence-corrected chi connectivity index (χ2v) is 6.49. The first-order valence-corrected chi connectivity index (χ1v) is 8.66. The van der Waals surface area contributed by atoms with Crippen LogP contribution in [0.15, 0.2) is 0 Å². The molecule has 1 aliphatic carbocycles. The zero-order valence-electron chi connectivity index (χ0n) is 11.9. The normalized spacial score (nSPS) is 26.0. The largest absolute Gasteiger partial charge is 0.342 e. The predicted molar refractivity (Wildman–Crippen MR) is 78.1 cm³/mol. The number of carbonyl (C=O) groups excluding carboxylic acids is 2. The molecule has 1 saturated heterocycles. The lowest BCUT2D eigenvalue weighted by Crippen LogP contribution is -2.69. The summed E-state index contributed by atoms with van der Waals surface area (Å²) in [6.07, 6.45) is 7.50. The van der Waals surface area contributed by atoms with E-state index in [1.165, 1.54) is 0 Å². The molecule has 0 radical (unpaired) electrons. The lowest BCUT2D eigenvalue weighted by atomic mass is 9.88. The number of rotatable bonds is 5. The molecule has 2 fully saturated rings. The van der Waals surface area contributed by atoms with Crippen molar-refractivity contribution in [1.29, 1.82) is 0 Å². The van der Waals surface area contributed by atoms with Crippen LogP contribution in [0.5, 0.6) is 0 Å². The average Bonchev–Trinajstić information content (AvgIpc) is 2.89. The van der Waals surface area contributed by atoms with Crippen LogP contribution in [-0.2, 0) is 9.59 Å². The van der Waals surface area contributed by atoms with Crippen LogP contribution < -0.4 is 5.32 Å². The lowest BCUT2D eigenvalue weighted by Gasteiger charge is -2.46. The molecule has 108 valence electrons. The second-order valence-electron chi connectivity index (χ2n) is 5.51. The molecule has 1 aliphatic heterocycles. The SMILES string of the molecule is CCC1NC(=O)C2(CCCC2)N(CCCSC)C1=O. The second kappa shape index (κ2) is 6.16. The Morgan fingerprint density at radius 3 is 2.63 bits per heavy atom. The number of carbonyl (C=O) groups is 2. The topological polar surface area (TPSA) is 49.4 Å². The number of thioether (sulfide) groups is 1. The molecule has 2 rings (SSSR count). The van der Waals surface area contributed by atoms with Gasteiger partial charge in [0.05, 0.1) is 0 Å². The predicted octanol–water partition coefficient (Wildman–Crippen LogP) is 1.79. The summed E-state index contributed by atoms with van der Waals surface area (Å²) in [5.41, 5.74) is -0.527. The van der Waals surface area contributed by atoms with Gasteiger partial charge >= 0.3 is 0 Å². The molecule has 1 saturated carbocycles. The van der Waals surface area contributed by atoms with Gasteiger partial charge in [0.2, 0.25) is 11.8 Å². The fourth-order valence-corrected chi connectivity index (χ4v) is 3.72. The van der Waals surface area contributed by atoms with E-state index in [1.54, 1.807) is 11.8 Å². The summed E-state index contributed by atoms with van der Waals surface area (Å²) in [5, 5.41) is 2.93. The number of nitrogens with one attached hydrogen (secondary N) is 1. The molecule has 1 unspecified atom stereocenters. The van der Waals surface area contributed by atoms with Gasteiger partial charge in [-0.25, -0.2) is 0 Å². The molecule has 0 aromatic rings. The molecular weight excluding hydrogens is 260 g/mol. The minimum Gasteiger partial charge on any atom is -0.342 e. The van der Waals surface area contributed by atoms with Crippen molar-refractivity contribution in [1.82, 2.24) is 10.2 Å². The molecule has 4 nitrogen and oxygen atoms in total. The van der Waals surface area contributed by atoms with Crippen molar-refractivity contribution in [3.63, 3.8) is 0 Å². The zero-order valence-corrected chi connectivity index (χ0v) is 12.7.